The van der Waals surface area contributed by atoms with E-state index in [9.17, 15) is 9.59 Å². The molecular formula is C21H27N5O4. The van der Waals surface area contributed by atoms with Gasteiger partial charge >= 0.3 is 5.97 Å². The number of aryl methyl sites for hydroxylation is 1. The van der Waals surface area contributed by atoms with Gasteiger partial charge in [-0.3, -0.25) is 14.6 Å². The lowest BCUT2D eigenvalue weighted by Crippen LogP contribution is -2.25. The molecule has 1 aromatic carbocycles. The number of ether oxygens (including phenoxy) is 1. The van der Waals surface area contributed by atoms with Crippen LogP contribution in [0.5, 0.6) is 5.75 Å². The summed E-state index contributed by atoms with van der Waals surface area (Å²) in [6, 6.07) is 9.70. The Morgan fingerprint density at radius 2 is 2.07 bits per heavy atom. The number of carboxylic acid groups (broad SMARTS) is 1. The zero-order valence-electron chi connectivity index (χ0n) is 17.1. The number of nitrogens with zero attached hydrogens (tertiary/aromatic N) is 2. The topological polar surface area (TPSA) is 153 Å². The molecule has 0 aliphatic carbocycles. The van der Waals surface area contributed by atoms with Crippen molar-refractivity contribution in [2.45, 2.75) is 33.1 Å². The second-order valence-corrected chi connectivity index (χ2v) is 6.88. The highest BCUT2D eigenvalue weighted by atomic mass is 16.5. The fraction of sp³-hybridized carbons (Fsp3) is 0.333. The van der Waals surface area contributed by atoms with E-state index in [1.807, 2.05) is 50.4 Å². The Kier molecular flexibility index (Phi) is 8.16. The van der Waals surface area contributed by atoms with E-state index < -0.39 is 11.9 Å². The first kappa shape index (κ1) is 22.7. The van der Waals surface area contributed by atoms with Crippen molar-refractivity contribution < 1.29 is 19.4 Å². The number of nitrogens with two attached hydrogens (primary N) is 2. The summed E-state index contributed by atoms with van der Waals surface area (Å²) in [4.78, 5) is 26.0. The summed E-state index contributed by atoms with van der Waals surface area (Å²) in [7, 11) is 0. The van der Waals surface area contributed by atoms with Crippen molar-refractivity contribution in [3.63, 3.8) is 0 Å². The van der Waals surface area contributed by atoms with Crippen LogP contribution in [0.4, 0.5) is 5.69 Å². The first-order chi connectivity index (χ1) is 14.3. The molecule has 0 radical (unpaired) electrons. The molecule has 30 heavy (non-hydrogen) atoms. The maximum Gasteiger partial charge on any atom is 0.306 e. The van der Waals surface area contributed by atoms with Gasteiger partial charge in [-0.2, -0.15) is 5.10 Å². The fourth-order valence-corrected chi connectivity index (χ4v) is 2.86. The van der Waals surface area contributed by atoms with Gasteiger partial charge in [-0.1, -0.05) is 25.5 Å². The van der Waals surface area contributed by atoms with E-state index in [0.29, 0.717) is 12.2 Å². The largest absolute Gasteiger partial charge is 0.482 e. The molecule has 160 valence electrons. The van der Waals surface area contributed by atoms with Crippen LogP contribution in [-0.4, -0.2) is 34.4 Å². The number of carboxylic acids is 1. The lowest BCUT2D eigenvalue weighted by atomic mass is 10.00. The number of rotatable bonds is 6. The zero-order chi connectivity index (χ0) is 22.1. The second-order valence-electron chi connectivity index (χ2n) is 6.88. The lowest BCUT2D eigenvalue weighted by molar-refractivity contribution is -0.141. The molecule has 1 aliphatic rings. The van der Waals surface area contributed by atoms with Gasteiger partial charge in [0.25, 0.3) is 5.91 Å². The third-order valence-corrected chi connectivity index (χ3v) is 4.47. The number of nitrogens with one attached hydrogen (secondary N) is 1. The highest BCUT2D eigenvalue weighted by Gasteiger charge is 2.17. The number of benzene rings is 1. The van der Waals surface area contributed by atoms with E-state index >= 15 is 0 Å². The van der Waals surface area contributed by atoms with Gasteiger partial charge in [-0.15, -0.1) is 0 Å². The van der Waals surface area contributed by atoms with Crippen molar-refractivity contribution in [1.82, 2.24) is 4.98 Å². The van der Waals surface area contributed by atoms with Gasteiger partial charge in [0.05, 0.1) is 11.6 Å². The molecular weight excluding hydrogens is 386 g/mol. The molecule has 9 heteroatoms. The number of hydrazone groups is 1. The molecule has 1 atom stereocenters. The summed E-state index contributed by atoms with van der Waals surface area (Å²) in [6.45, 7) is 3.95. The first-order valence-electron chi connectivity index (χ1n) is 9.58. The van der Waals surface area contributed by atoms with Crippen molar-refractivity contribution in [2.24, 2.45) is 22.6 Å². The molecule has 3 rings (SSSR count). The van der Waals surface area contributed by atoms with E-state index in [1.54, 1.807) is 0 Å². The smallest absolute Gasteiger partial charge is 0.306 e. The van der Waals surface area contributed by atoms with Gasteiger partial charge in [-0.05, 0) is 37.1 Å². The van der Waals surface area contributed by atoms with Gasteiger partial charge in [0.15, 0.2) is 6.61 Å². The number of hydrogen-bond acceptors (Lipinski definition) is 6. The van der Waals surface area contributed by atoms with Crippen LogP contribution >= 0.6 is 0 Å². The number of amides is 1. The highest BCUT2D eigenvalue weighted by molar-refractivity contribution is 5.95. The average molecular weight is 413 g/mol. The Balaban J connectivity index is 0.000000235. The molecule has 6 N–H and O–H groups in total. The number of carbonyl (C=O) groups excluding carboxylic acids is 1. The van der Waals surface area contributed by atoms with Crippen LogP contribution in [0.2, 0.25) is 0 Å². The summed E-state index contributed by atoms with van der Waals surface area (Å²) in [5.41, 5.74) is 9.06. The number of hydrogen-bond donors (Lipinski definition) is 4. The van der Waals surface area contributed by atoms with Crippen molar-refractivity contribution in [3.8, 4) is 16.9 Å². The number of pyridine rings is 1. The van der Waals surface area contributed by atoms with Crippen LogP contribution in [0.25, 0.3) is 11.1 Å². The Morgan fingerprint density at radius 3 is 2.67 bits per heavy atom. The third-order valence-electron chi connectivity index (χ3n) is 4.47. The summed E-state index contributed by atoms with van der Waals surface area (Å²) >= 11 is 0. The minimum Gasteiger partial charge on any atom is -0.482 e. The predicted octanol–water partition coefficient (Wildman–Crippen LogP) is 2.50. The van der Waals surface area contributed by atoms with E-state index in [1.165, 1.54) is 0 Å². The first-order valence-corrected chi connectivity index (χ1v) is 9.58. The number of aliphatic carboxylic acids is 1. The van der Waals surface area contributed by atoms with Crippen molar-refractivity contribution in [1.29, 1.82) is 0 Å². The Hall–Kier alpha value is -3.62. The molecule has 2 aromatic rings. The molecule has 1 aliphatic heterocycles. The number of anilines is 1. The minimum atomic E-state index is -0.844. The van der Waals surface area contributed by atoms with Crippen LogP contribution in [0.1, 0.15) is 31.9 Å². The van der Waals surface area contributed by atoms with Crippen LogP contribution in [0.15, 0.2) is 41.6 Å². The van der Waals surface area contributed by atoms with Gasteiger partial charge < -0.3 is 26.7 Å². The maximum atomic E-state index is 11.2. The standard InChI is InChI=1S/C14H12N2O2.C7H15N3O2/c1-9-2-3-11(7-15-9)10-4-5-12-13(6-10)18-8-14(17)16-12;1-2-3-5(7(11)12)4-6(8)10-9/h2-7H,8H2,1H3,(H,16,17);5H,2-4,9H2,1H3,(H2,8,10)(H,11,12)/t;5-/m.0/s1. The summed E-state index contributed by atoms with van der Waals surface area (Å²) in [6.07, 6.45) is 3.48. The Morgan fingerprint density at radius 1 is 1.33 bits per heavy atom. The summed E-state index contributed by atoms with van der Waals surface area (Å²) in [5.74, 6) is 4.36. The molecule has 0 saturated heterocycles. The molecule has 0 saturated carbocycles. The van der Waals surface area contributed by atoms with Crippen LogP contribution < -0.4 is 21.6 Å². The summed E-state index contributed by atoms with van der Waals surface area (Å²) in [5, 5.41) is 14.7. The van der Waals surface area contributed by atoms with Crippen LogP contribution in [0.3, 0.4) is 0 Å². The molecule has 1 amide bonds. The lowest BCUT2D eigenvalue weighted by Gasteiger charge is -2.18. The molecule has 0 spiro atoms. The van der Waals surface area contributed by atoms with Gasteiger partial charge in [0.1, 0.15) is 11.6 Å². The Bertz CT molecular complexity index is 912. The van der Waals surface area contributed by atoms with E-state index in [2.05, 4.69) is 15.4 Å². The minimum absolute atomic E-state index is 0.0720. The number of fused-ring (bicyclic) bond motifs is 1. The zero-order valence-corrected chi connectivity index (χ0v) is 17.1. The summed E-state index contributed by atoms with van der Waals surface area (Å²) < 4.78 is 5.39. The SMILES string of the molecule is CCC[C@@H](C/C(N)=N/N)C(=O)O.Cc1ccc(-c2ccc3c(c2)OCC(=O)N3)cn1. The molecule has 9 nitrogen and oxygen atoms in total. The molecule has 0 fully saturated rings. The van der Waals surface area contributed by atoms with Crippen LogP contribution in [-0.2, 0) is 9.59 Å². The quantitative estimate of drug-likeness (QED) is 0.246. The monoisotopic (exact) mass is 413 g/mol. The van der Waals surface area contributed by atoms with Gasteiger partial charge in [-0.25, -0.2) is 0 Å². The fourth-order valence-electron chi connectivity index (χ4n) is 2.86. The number of aromatic nitrogens is 1. The average Bonchev–Trinajstić information content (AvgIpc) is 2.74. The van der Waals surface area contributed by atoms with Crippen molar-refractivity contribution in [3.05, 3.63) is 42.2 Å². The predicted molar refractivity (Wildman–Crippen MR) is 115 cm³/mol. The third kappa shape index (κ3) is 6.47. The van der Waals surface area contributed by atoms with Crippen molar-refractivity contribution in [2.75, 3.05) is 11.9 Å². The molecule has 0 unspecified atom stereocenters. The van der Waals surface area contributed by atoms with E-state index in [-0.39, 0.29) is 24.8 Å². The second kappa shape index (κ2) is 10.8. The normalized spacial score (nSPS) is 13.8. The van der Waals surface area contributed by atoms with Crippen LogP contribution in [0, 0.1) is 12.8 Å². The van der Waals surface area contributed by atoms with E-state index in [0.717, 1.165) is 28.9 Å². The molecule has 1 aromatic heterocycles. The Labute approximate surface area is 175 Å². The number of carbonyl (C=O) groups is 2. The highest BCUT2D eigenvalue weighted by Crippen LogP contribution is 2.32. The number of amidine groups is 1. The van der Waals surface area contributed by atoms with Crippen molar-refractivity contribution >= 4 is 23.4 Å². The van der Waals surface area contributed by atoms with Gasteiger partial charge in [0, 0.05) is 23.9 Å². The van der Waals surface area contributed by atoms with Gasteiger partial charge in [0.2, 0.25) is 0 Å². The molecule has 2 heterocycles. The van der Waals surface area contributed by atoms with E-state index in [4.69, 9.17) is 21.4 Å². The molecule has 0 bridgehead atoms. The maximum absolute atomic E-state index is 11.2.